The van der Waals surface area contributed by atoms with Crippen LogP contribution in [0.2, 0.25) is 0 Å². The Hall–Kier alpha value is -2.58. The van der Waals surface area contributed by atoms with Crippen molar-refractivity contribution in [3.05, 3.63) is 46.2 Å². The summed E-state index contributed by atoms with van der Waals surface area (Å²) in [6.45, 7) is -6.95. The molecule has 22 heteroatoms. The van der Waals surface area contributed by atoms with Crippen molar-refractivity contribution < 1.29 is 42.2 Å². The maximum Gasteiger partial charge on any atom is 0.325 e. The van der Waals surface area contributed by atoms with E-state index in [4.69, 9.17) is 56.9 Å². The number of hydrogen-bond acceptors (Lipinski definition) is 14. The topological polar surface area (TPSA) is 233 Å². The van der Waals surface area contributed by atoms with Crippen molar-refractivity contribution in [2.45, 2.75) is 44.6 Å². The number of carbonyl (C=O) groups excluding carboxylic acids is 1. The number of nitrogens with one attached hydrogen (secondary N) is 1. The number of carbonyl (C=O) groups is 1. The van der Waals surface area contributed by atoms with Crippen molar-refractivity contribution in [3.8, 4) is 0 Å². The van der Waals surface area contributed by atoms with Crippen molar-refractivity contribution in [2.75, 3.05) is 20.3 Å². The summed E-state index contributed by atoms with van der Waals surface area (Å²) in [6, 6.07) is 1.45. The lowest BCUT2D eigenvalue weighted by Crippen LogP contribution is -2.37. The number of primary amides is 1. The van der Waals surface area contributed by atoms with E-state index in [1.54, 1.807) is 11.5 Å². The van der Waals surface area contributed by atoms with Gasteiger partial charge in [-0.2, -0.15) is 0 Å². The average molecular weight is 689 g/mol. The van der Waals surface area contributed by atoms with Crippen LogP contribution in [0.15, 0.2) is 23.4 Å². The van der Waals surface area contributed by atoms with Crippen LogP contribution in [-0.2, 0) is 64.3 Å². The Balaban J connectivity index is 1.39. The van der Waals surface area contributed by atoms with Gasteiger partial charge in [0, 0.05) is 19.9 Å². The fraction of sp³-hybridized carbons (Fsp3) is 0.455. The molecule has 236 valence electrons. The molecule has 2 aliphatic rings. The molecule has 6 heterocycles. The number of imidazole rings is 2. The predicted molar refractivity (Wildman–Crippen MR) is 158 cm³/mol. The summed E-state index contributed by atoms with van der Waals surface area (Å²) in [5, 5.41) is 0. The lowest BCUT2D eigenvalue weighted by molar-refractivity contribution is -0.0511. The zero-order valence-electron chi connectivity index (χ0n) is 23.0. The van der Waals surface area contributed by atoms with Gasteiger partial charge in [0.25, 0.3) is 5.56 Å². The number of pyridine rings is 1. The highest BCUT2D eigenvalue weighted by molar-refractivity contribution is 8.07. The minimum absolute atomic E-state index is 0.0414. The lowest BCUT2D eigenvalue weighted by Gasteiger charge is -2.27. The Morgan fingerprint density at radius 2 is 1.98 bits per heavy atom. The number of nitrogens with zero attached hydrogens (tertiary/aromatic N) is 6. The van der Waals surface area contributed by atoms with Gasteiger partial charge in [0.1, 0.15) is 42.1 Å². The molecule has 18 nitrogen and oxygen atoms in total. The van der Waals surface area contributed by atoms with Crippen molar-refractivity contribution in [1.82, 2.24) is 34.1 Å². The van der Waals surface area contributed by atoms with Gasteiger partial charge >= 0.3 is 13.4 Å². The number of fused-ring (bicyclic) bond motifs is 6. The predicted octanol–water partition coefficient (Wildman–Crippen LogP) is 0.266. The van der Waals surface area contributed by atoms with E-state index in [9.17, 15) is 19.4 Å². The third-order valence-electron chi connectivity index (χ3n) is 6.91. The molecule has 2 unspecified atom stereocenters. The molecule has 5 N–H and O–H groups in total. The molecule has 0 aromatic carbocycles. The van der Waals surface area contributed by atoms with E-state index < -0.39 is 49.4 Å². The molecule has 44 heavy (non-hydrogen) atoms. The van der Waals surface area contributed by atoms with E-state index in [1.807, 2.05) is 0 Å². The number of aromatic nitrogens is 7. The molecule has 4 aromatic rings. The number of ether oxygens (including phenoxy) is 2. The van der Waals surface area contributed by atoms with Crippen molar-refractivity contribution in [2.24, 2.45) is 5.73 Å². The third kappa shape index (κ3) is 6.13. The van der Waals surface area contributed by atoms with Gasteiger partial charge in [-0.25, -0.2) is 19.9 Å². The normalized spacial score (nSPS) is 30.2. The number of aromatic amines is 1. The van der Waals surface area contributed by atoms with Crippen LogP contribution in [0.25, 0.3) is 22.3 Å². The number of rotatable bonds is 3. The largest absolute Gasteiger partial charge is 0.376 e. The first kappa shape index (κ1) is 31.4. The van der Waals surface area contributed by atoms with E-state index in [0.29, 0.717) is 17.0 Å². The number of amides is 1. The number of hydrogen-bond donors (Lipinski definition) is 4. The first-order valence-corrected chi connectivity index (χ1v) is 18.1. The van der Waals surface area contributed by atoms with E-state index in [2.05, 4.69) is 24.9 Å². The van der Waals surface area contributed by atoms with Crippen LogP contribution in [0.5, 0.6) is 0 Å². The molecule has 2 aliphatic heterocycles. The summed E-state index contributed by atoms with van der Waals surface area (Å²) in [5.41, 5.74) is 5.93. The first-order chi connectivity index (χ1) is 20.9. The van der Waals surface area contributed by atoms with Gasteiger partial charge in [0.15, 0.2) is 23.0 Å². The Morgan fingerprint density at radius 1 is 1.18 bits per heavy atom. The van der Waals surface area contributed by atoms with Gasteiger partial charge in [0.2, 0.25) is 5.91 Å². The monoisotopic (exact) mass is 688 g/mol. The average Bonchev–Trinajstić information content (AvgIpc) is 3.63. The van der Waals surface area contributed by atoms with Crippen LogP contribution in [-0.4, -0.2) is 88.4 Å². The molecular formula is C22H26N8O10P2S2. The maximum absolute atomic E-state index is 12.5. The molecule has 1 amide bonds. The van der Waals surface area contributed by atoms with E-state index >= 15 is 0 Å². The maximum atomic E-state index is 12.5. The van der Waals surface area contributed by atoms with Crippen molar-refractivity contribution in [1.29, 1.82) is 0 Å². The second kappa shape index (κ2) is 12.0. The lowest BCUT2D eigenvalue weighted by atomic mass is 10.1. The van der Waals surface area contributed by atoms with Crippen LogP contribution < -0.4 is 11.3 Å². The summed E-state index contributed by atoms with van der Waals surface area (Å²) in [6.07, 6.45) is -1.49. The van der Waals surface area contributed by atoms with Crippen molar-refractivity contribution in [3.63, 3.8) is 0 Å². The molecule has 0 aliphatic carbocycles. The molecule has 1 saturated heterocycles. The second-order valence-electron chi connectivity index (χ2n) is 9.76. The summed E-state index contributed by atoms with van der Waals surface area (Å²) in [5.74, 6) is -0.125. The SMILES string of the molecule is CO[C@H]1[C@H]2OP(O)(=S)OCc3nc4cc(C(N)=O)cnc4n3CCOP(O)(=S)OC[C@H]1O[C@H]2n1cnc2c(=O)[nH]c(C)nc21. The molecule has 0 spiro atoms. The number of aryl methyl sites for hydroxylation is 1. The van der Waals surface area contributed by atoms with E-state index in [-0.39, 0.29) is 48.9 Å². The molecule has 4 aromatic heterocycles. The number of H-pyrrole nitrogens is 1. The molecule has 1 fully saturated rings. The minimum atomic E-state index is -4.07. The van der Waals surface area contributed by atoms with Gasteiger partial charge in [-0.15, -0.1) is 0 Å². The fourth-order valence-electron chi connectivity index (χ4n) is 5.00. The number of methoxy groups -OCH3 is 1. The van der Waals surface area contributed by atoms with Gasteiger partial charge in [0.05, 0.1) is 25.1 Å². The standard InChI is InChI=1S/C22H26N8O10P2S2/c1-10-26-20-15(21(32)27-10)25-9-30(20)22-17-16(35-2)13(39-22)7-37-41(33,43)36-4-3-29-14(8-38-42(34,44)40-17)28-12-5-11(18(23)31)6-24-19(12)29/h5-6,9,13,16-17,22H,3-4,7-8H2,1-2H3,(H2,23,31)(H,33,43)(H,34,44)(H,26,27,32)/t13-,16-,17-,22-,41?,42?/m1/s1. The molecular weight excluding hydrogens is 662 g/mol. The zero-order valence-corrected chi connectivity index (χ0v) is 26.4. The Morgan fingerprint density at radius 3 is 2.73 bits per heavy atom. The van der Waals surface area contributed by atoms with Crippen LogP contribution in [0, 0.1) is 6.92 Å². The van der Waals surface area contributed by atoms with Crippen LogP contribution in [0.3, 0.4) is 0 Å². The van der Waals surface area contributed by atoms with Crippen LogP contribution >= 0.6 is 13.4 Å². The zero-order chi connectivity index (χ0) is 31.4. The highest BCUT2D eigenvalue weighted by Gasteiger charge is 2.50. The minimum Gasteiger partial charge on any atom is -0.376 e. The first-order valence-electron chi connectivity index (χ1n) is 12.9. The van der Waals surface area contributed by atoms with Gasteiger partial charge in [-0.05, 0) is 36.6 Å². The summed E-state index contributed by atoms with van der Waals surface area (Å²) < 4.78 is 37.8. The summed E-state index contributed by atoms with van der Waals surface area (Å²) in [4.78, 5) is 66.1. The fourth-order valence-corrected chi connectivity index (χ4v) is 7.46. The van der Waals surface area contributed by atoms with Crippen LogP contribution in [0.1, 0.15) is 28.2 Å². The quantitative estimate of drug-likeness (QED) is 0.212. The van der Waals surface area contributed by atoms with Gasteiger partial charge < -0.3 is 48.1 Å². The molecule has 2 bridgehead atoms. The Bertz CT molecular complexity index is 1920. The molecule has 0 radical (unpaired) electrons. The smallest absolute Gasteiger partial charge is 0.325 e. The van der Waals surface area contributed by atoms with Crippen molar-refractivity contribution >= 4 is 65.3 Å². The third-order valence-corrected chi connectivity index (χ3v) is 10.1. The molecule has 6 atom stereocenters. The summed E-state index contributed by atoms with van der Waals surface area (Å²) >= 11 is 10.6. The van der Waals surface area contributed by atoms with Gasteiger partial charge in [-0.1, -0.05) is 0 Å². The Kier molecular flexibility index (Phi) is 8.55. The molecule has 6 rings (SSSR count). The highest BCUT2D eigenvalue weighted by Crippen LogP contribution is 2.52. The highest BCUT2D eigenvalue weighted by atomic mass is 32.5. The van der Waals surface area contributed by atoms with E-state index in [1.165, 1.54) is 30.3 Å². The number of nitrogens with two attached hydrogens (primary N) is 1. The second-order valence-corrected chi connectivity index (χ2v) is 15.4. The van der Waals surface area contributed by atoms with E-state index in [0.717, 1.165) is 0 Å². The molecule has 0 saturated carbocycles. The summed E-state index contributed by atoms with van der Waals surface area (Å²) in [7, 11) is 1.38. The van der Waals surface area contributed by atoms with Gasteiger partial charge in [-0.3, -0.25) is 18.7 Å². The Labute approximate surface area is 257 Å². The van der Waals surface area contributed by atoms with Crippen LogP contribution in [0.4, 0.5) is 0 Å².